The minimum absolute atomic E-state index is 0.556. The highest BCUT2D eigenvalue weighted by atomic mass is 79.9. The molecule has 2 unspecified atom stereocenters. The van der Waals surface area contributed by atoms with Crippen LogP contribution in [0.2, 0.25) is 0 Å². The van der Waals surface area contributed by atoms with Crippen molar-refractivity contribution in [1.82, 2.24) is 20.3 Å². The van der Waals surface area contributed by atoms with Gasteiger partial charge in [0.1, 0.15) is 0 Å². The zero-order valence-electron chi connectivity index (χ0n) is 11.5. The predicted octanol–water partition coefficient (Wildman–Crippen LogP) is 2.85. The van der Waals surface area contributed by atoms with Gasteiger partial charge < -0.3 is 5.32 Å². The Kier molecular flexibility index (Phi) is 4.78. The molecule has 0 aromatic carbocycles. The number of halogens is 1. The van der Waals surface area contributed by atoms with E-state index in [1.807, 2.05) is 11.7 Å². The molecule has 1 aliphatic rings. The lowest BCUT2D eigenvalue weighted by atomic mass is 9.77. The number of aryl methyl sites for hydroxylation is 1. The third-order valence-corrected chi connectivity index (χ3v) is 4.44. The van der Waals surface area contributed by atoms with Crippen LogP contribution in [0.5, 0.6) is 0 Å². The maximum atomic E-state index is 4.13. The third kappa shape index (κ3) is 3.12. The quantitative estimate of drug-likeness (QED) is 0.929. The summed E-state index contributed by atoms with van der Waals surface area (Å²) in [5, 5.41) is 11.8. The number of nitrogens with one attached hydrogen (secondary N) is 1. The zero-order chi connectivity index (χ0) is 13.1. The molecule has 0 radical (unpaired) electrons. The van der Waals surface area contributed by atoms with Gasteiger partial charge in [0.25, 0.3) is 0 Å². The predicted molar refractivity (Wildman–Crippen MR) is 76.5 cm³/mol. The molecule has 0 saturated heterocycles. The highest BCUT2D eigenvalue weighted by Gasteiger charge is 2.30. The summed E-state index contributed by atoms with van der Waals surface area (Å²) in [6.45, 7) is 5.51. The van der Waals surface area contributed by atoms with E-state index in [2.05, 4.69) is 45.4 Å². The monoisotopic (exact) mass is 314 g/mol. The highest BCUT2D eigenvalue weighted by Crippen LogP contribution is 2.39. The molecule has 1 aliphatic carbocycles. The van der Waals surface area contributed by atoms with E-state index in [0.717, 1.165) is 11.1 Å². The second kappa shape index (κ2) is 6.15. The van der Waals surface area contributed by atoms with Gasteiger partial charge in [0.2, 0.25) is 0 Å². The first-order chi connectivity index (χ1) is 8.59. The average Bonchev–Trinajstić information content (AvgIpc) is 2.67. The Morgan fingerprint density at radius 1 is 1.39 bits per heavy atom. The van der Waals surface area contributed by atoms with Gasteiger partial charge in [-0.15, -0.1) is 5.10 Å². The van der Waals surface area contributed by atoms with Crippen LogP contribution in [0.1, 0.15) is 51.1 Å². The van der Waals surface area contributed by atoms with Crippen LogP contribution >= 0.6 is 15.9 Å². The van der Waals surface area contributed by atoms with Crippen molar-refractivity contribution in [3.8, 4) is 0 Å². The van der Waals surface area contributed by atoms with Crippen LogP contribution in [0.4, 0.5) is 0 Å². The number of hydrogen-bond donors (Lipinski definition) is 1. The molecule has 0 amide bonds. The first kappa shape index (κ1) is 14.0. The van der Waals surface area contributed by atoms with Crippen LogP contribution in [0.25, 0.3) is 0 Å². The largest absolute Gasteiger partial charge is 0.314 e. The highest BCUT2D eigenvalue weighted by molar-refractivity contribution is 9.10. The standard InChI is InChI=1S/C13H23BrN4/c1-9(2)15-8-10-6-4-5-7-11(10)12-13(14)16-17-18(12)3/h9-11,15H,4-8H2,1-3H3. The fraction of sp³-hybridized carbons (Fsp3) is 0.846. The van der Waals surface area contributed by atoms with Crippen molar-refractivity contribution >= 4 is 15.9 Å². The van der Waals surface area contributed by atoms with Crippen LogP contribution < -0.4 is 5.32 Å². The molecule has 5 heteroatoms. The molecule has 18 heavy (non-hydrogen) atoms. The van der Waals surface area contributed by atoms with Crippen LogP contribution in [0.15, 0.2) is 4.60 Å². The lowest BCUT2D eigenvalue weighted by Crippen LogP contribution is -2.34. The average molecular weight is 315 g/mol. The SMILES string of the molecule is CC(C)NCC1CCCCC1c1c(Br)nnn1C. The summed E-state index contributed by atoms with van der Waals surface area (Å²) in [5.74, 6) is 1.29. The van der Waals surface area contributed by atoms with Gasteiger partial charge in [-0.25, -0.2) is 0 Å². The van der Waals surface area contributed by atoms with E-state index in [1.54, 1.807) is 0 Å². The molecule has 4 nitrogen and oxygen atoms in total. The van der Waals surface area contributed by atoms with E-state index in [-0.39, 0.29) is 0 Å². The van der Waals surface area contributed by atoms with Crippen molar-refractivity contribution in [1.29, 1.82) is 0 Å². The summed E-state index contributed by atoms with van der Waals surface area (Å²) < 4.78 is 2.86. The lowest BCUT2D eigenvalue weighted by molar-refractivity contribution is 0.279. The Morgan fingerprint density at radius 3 is 2.72 bits per heavy atom. The molecule has 1 heterocycles. The lowest BCUT2D eigenvalue weighted by Gasteiger charge is -2.32. The molecule has 1 fully saturated rings. The summed E-state index contributed by atoms with van der Waals surface area (Å²) in [6.07, 6.45) is 5.23. The van der Waals surface area contributed by atoms with Gasteiger partial charge in [0.15, 0.2) is 4.60 Å². The van der Waals surface area contributed by atoms with E-state index in [0.29, 0.717) is 17.9 Å². The maximum Gasteiger partial charge on any atom is 0.151 e. The molecule has 1 N–H and O–H groups in total. The van der Waals surface area contributed by atoms with Crippen molar-refractivity contribution in [3.05, 3.63) is 10.3 Å². The topological polar surface area (TPSA) is 42.7 Å². The van der Waals surface area contributed by atoms with Crippen molar-refractivity contribution in [2.24, 2.45) is 13.0 Å². The minimum Gasteiger partial charge on any atom is -0.314 e. The molecule has 0 spiro atoms. The normalized spacial score (nSPS) is 24.7. The fourth-order valence-corrected chi connectivity index (χ4v) is 3.55. The molecule has 1 saturated carbocycles. The minimum atomic E-state index is 0.556. The smallest absolute Gasteiger partial charge is 0.151 e. The Labute approximate surface area is 118 Å². The Bertz CT molecular complexity index is 369. The van der Waals surface area contributed by atoms with Gasteiger partial charge in [-0.05, 0) is 41.2 Å². The van der Waals surface area contributed by atoms with E-state index in [9.17, 15) is 0 Å². The molecule has 0 aliphatic heterocycles. The van der Waals surface area contributed by atoms with Crippen molar-refractivity contribution in [2.45, 2.75) is 51.5 Å². The second-order valence-corrected chi connectivity index (χ2v) is 6.35. The van der Waals surface area contributed by atoms with Gasteiger partial charge in [-0.3, -0.25) is 4.68 Å². The van der Waals surface area contributed by atoms with Crippen LogP contribution in [0, 0.1) is 5.92 Å². The third-order valence-electron chi connectivity index (χ3n) is 3.88. The summed E-state index contributed by atoms with van der Waals surface area (Å²) in [4.78, 5) is 0. The molecule has 1 aromatic heterocycles. The number of rotatable bonds is 4. The fourth-order valence-electron chi connectivity index (χ4n) is 2.93. The summed E-state index contributed by atoms with van der Waals surface area (Å²) in [5.41, 5.74) is 1.27. The first-order valence-corrected chi connectivity index (χ1v) is 7.67. The molecule has 0 bridgehead atoms. The van der Waals surface area contributed by atoms with Gasteiger partial charge >= 0.3 is 0 Å². The van der Waals surface area contributed by atoms with Crippen molar-refractivity contribution in [2.75, 3.05) is 6.54 Å². The number of aromatic nitrogens is 3. The summed E-state index contributed by atoms with van der Waals surface area (Å²) in [7, 11) is 1.99. The Hall–Kier alpha value is -0.420. The van der Waals surface area contributed by atoms with Gasteiger partial charge in [0.05, 0.1) is 5.69 Å². The Morgan fingerprint density at radius 2 is 2.11 bits per heavy atom. The first-order valence-electron chi connectivity index (χ1n) is 6.88. The van der Waals surface area contributed by atoms with Gasteiger partial charge in [0, 0.05) is 19.0 Å². The molecule has 102 valence electrons. The number of hydrogen-bond acceptors (Lipinski definition) is 3. The molecule has 1 aromatic rings. The van der Waals surface area contributed by atoms with Crippen LogP contribution in [-0.2, 0) is 7.05 Å². The van der Waals surface area contributed by atoms with Crippen LogP contribution in [-0.4, -0.2) is 27.6 Å². The van der Waals surface area contributed by atoms with E-state index in [1.165, 1.54) is 31.4 Å². The van der Waals surface area contributed by atoms with E-state index >= 15 is 0 Å². The number of nitrogens with zero attached hydrogens (tertiary/aromatic N) is 3. The van der Waals surface area contributed by atoms with Gasteiger partial charge in [-0.1, -0.05) is 31.9 Å². The second-order valence-electron chi connectivity index (χ2n) is 5.60. The summed E-state index contributed by atoms with van der Waals surface area (Å²) in [6, 6.07) is 0.556. The molecular weight excluding hydrogens is 292 g/mol. The molecule has 2 rings (SSSR count). The van der Waals surface area contributed by atoms with Crippen molar-refractivity contribution < 1.29 is 0 Å². The van der Waals surface area contributed by atoms with E-state index in [4.69, 9.17) is 0 Å². The van der Waals surface area contributed by atoms with Crippen molar-refractivity contribution in [3.63, 3.8) is 0 Å². The zero-order valence-corrected chi connectivity index (χ0v) is 13.1. The van der Waals surface area contributed by atoms with Gasteiger partial charge in [-0.2, -0.15) is 0 Å². The Balaban J connectivity index is 2.12. The summed E-state index contributed by atoms with van der Waals surface area (Å²) >= 11 is 3.55. The maximum absolute atomic E-state index is 4.13. The van der Waals surface area contributed by atoms with E-state index < -0.39 is 0 Å². The van der Waals surface area contributed by atoms with Crippen LogP contribution in [0.3, 0.4) is 0 Å². The molecular formula is C13H23BrN4. The molecule has 2 atom stereocenters.